The summed E-state index contributed by atoms with van der Waals surface area (Å²) in [7, 11) is 0. The van der Waals surface area contributed by atoms with Crippen molar-refractivity contribution in [2.24, 2.45) is 0 Å². The molecule has 5 aromatic rings. The first-order valence-corrected chi connectivity index (χ1v) is 17.4. The second kappa shape index (κ2) is 13.4. The van der Waals surface area contributed by atoms with Crippen LogP contribution >= 0.6 is 23.1 Å². The van der Waals surface area contributed by atoms with Crippen molar-refractivity contribution in [2.45, 2.75) is 89.5 Å². The van der Waals surface area contributed by atoms with Gasteiger partial charge in [-0.15, -0.1) is 0 Å². The summed E-state index contributed by atoms with van der Waals surface area (Å²) >= 11 is 3.92. The van der Waals surface area contributed by atoms with Crippen LogP contribution in [0, 0.1) is 0 Å². The van der Waals surface area contributed by atoms with Crippen LogP contribution in [-0.4, -0.2) is 6.54 Å². The van der Waals surface area contributed by atoms with Crippen LogP contribution in [0.3, 0.4) is 0 Å². The van der Waals surface area contributed by atoms with Gasteiger partial charge in [-0.25, -0.2) is 0 Å². The Balaban J connectivity index is 1.38. The summed E-state index contributed by atoms with van der Waals surface area (Å²) in [6, 6.07) is 27.3. The van der Waals surface area contributed by atoms with Crippen LogP contribution in [0.5, 0.6) is 0 Å². The maximum Gasteiger partial charge on any atom is 0.265 e. The third-order valence-corrected chi connectivity index (χ3v) is 10.6. The minimum absolute atomic E-state index is 1.08. The summed E-state index contributed by atoms with van der Waals surface area (Å²) in [5.74, 6) is 0. The number of benzene rings is 4. The van der Waals surface area contributed by atoms with E-state index in [9.17, 15) is 0 Å². The van der Waals surface area contributed by atoms with Crippen molar-refractivity contribution >= 4 is 66.6 Å². The lowest BCUT2D eigenvalue weighted by Crippen LogP contribution is -2.35. The summed E-state index contributed by atoms with van der Waals surface area (Å²) in [6.45, 7) is 6.76. The fraction of sp³-hybridized carbons (Fsp3) is 0.378. The Morgan fingerprint density at radius 1 is 0.683 bits per heavy atom. The Labute approximate surface area is 254 Å². The third-order valence-electron chi connectivity index (χ3n) is 8.41. The predicted molar refractivity (Wildman–Crippen MR) is 182 cm³/mol. The maximum atomic E-state index is 2.62. The summed E-state index contributed by atoms with van der Waals surface area (Å²) in [5, 5.41) is 8.08. The summed E-state index contributed by atoms with van der Waals surface area (Å²) in [4.78, 5) is 4.01. The van der Waals surface area contributed by atoms with E-state index in [1.807, 2.05) is 23.1 Å². The molecule has 0 radical (unpaired) electrons. The Bertz CT molecular complexity index is 1660. The predicted octanol–water partition coefficient (Wildman–Crippen LogP) is 11.3. The second-order valence-corrected chi connectivity index (χ2v) is 13.6. The van der Waals surface area contributed by atoms with Gasteiger partial charge in [-0.3, -0.25) is 0 Å². The standard InChI is InChI=1S/C37H43N2S2/c1-3-5-7-9-15-21-38-32-23-28-17-11-13-19-30(28)25-34(32)40-36(38)27-37-39(22-16-10-8-6-4-2)33-24-29-18-12-14-20-31(29)26-35(33)41-37/h11-14,17-20,23-27H,3-10,15-16,21-22H2,1-2H3/q+1. The number of hydrogen-bond donors (Lipinski definition) is 0. The molecule has 41 heavy (non-hydrogen) atoms. The molecule has 0 fully saturated rings. The quantitative estimate of drug-likeness (QED) is 0.101. The van der Waals surface area contributed by atoms with Crippen LogP contribution in [-0.2, 0) is 6.54 Å². The highest BCUT2D eigenvalue weighted by Crippen LogP contribution is 2.48. The van der Waals surface area contributed by atoms with Crippen LogP contribution < -0.4 is 9.47 Å². The number of anilines is 1. The zero-order valence-corrected chi connectivity index (χ0v) is 26.3. The second-order valence-electron chi connectivity index (χ2n) is 11.5. The van der Waals surface area contributed by atoms with Gasteiger partial charge in [0.2, 0.25) is 5.52 Å². The van der Waals surface area contributed by atoms with Crippen LogP contribution in [0.2, 0.25) is 0 Å². The maximum absolute atomic E-state index is 2.62. The highest BCUT2D eigenvalue weighted by atomic mass is 32.2. The van der Waals surface area contributed by atoms with Crippen LogP contribution in [0.4, 0.5) is 5.69 Å². The molecule has 212 valence electrons. The first-order chi connectivity index (χ1) is 20.2. The molecule has 1 aliphatic rings. The molecule has 4 aromatic carbocycles. The highest BCUT2D eigenvalue weighted by molar-refractivity contribution is 8.04. The molecule has 0 saturated carbocycles. The Hall–Kier alpha value is -2.82. The molecule has 0 atom stereocenters. The van der Waals surface area contributed by atoms with Gasteiger partial charge in [0.25, 0.3) is 5.01 Å². The van der Waals surface area contributed by atoms with E-state index < -0.39 is 0 Å². The van der Waals surface area contributed by atoms with Gasteiger partial charge in [0.05, 0.1) is 16.8 Å². The molecule has 1 aliphatic heterocycles. The fourth-order valence-electron chi connectivity index (χ4n) is 6.10. The van der Waals surface area contributed by atoms with Gasteiger partial charge < -0.3 is 4.90 Å². The Morgan fingerprint density at radius 2 is 1.29 bits per heavy atom. The largest absolute Gasteiger partial charge is 0.335 e. The van der Waals surface area contributed by atoms with E-state index in [4.69, 9.17) is 0 Å². The van der Waals surface area contributed by atoms with Crippen molar-refractivity contribution in [3.8, 4) is 0 Å². The summed E-state index contributed by atoms with van der Waals surface area (Å²) in [6.07, 6.45) is 15.5. The van der Waals surface area contributed by atoms with Crippen molar-refractivity contribution in [3.05, 3.63) is 82.8 Å². The van der Waals surface area contributed by atoms with E-state index in [1.54, 1.807) is 0 Å². The topological polar surface area (TPSA) is 7.12 Å². The van der Waals surface area contributed by atoms with E-state index in [0.29, 0.717) is 0 Å². The molecule has 1 aromatic heterocycles. The normalized spacial score (nSPS) is 14.2. The number of unbranched alkanes of at least 4 members (excludes halogenated alkanes) is 8. The van der Waals surface area contributed by atoms with E-state index in [0.717, 1.165) is 13.1 Å². The minimum atomic E-state index is 1.08. The van der Waals surface area contributed by atoms with Crippen LogP contribution in [0.25, 0.3) is 37.8 Å². The molecule has 4 heteroatoms. The lowest BCUT2D eigenvalue weighted by molar-refractivity contribution is -0.669. The van der Waals surface area contributed by atoms with E-state index in [2.05, 4.69) is 102 Å². The zero-order valence-electron chi connectivity index (χ0n) is 24.7. The molecule has 0 unspecified atom stereocenters. The average molecular weight is 580 g/mol. The molecular formula is C37H43N2S2+. The van der Waals surface area contributed by atoms with E-state index in [1.165, 1.54) is 117 Å². The van der Waals surface area contributed by atoms with E-state index >= 15 is 0 Å². The summed E-state index contributed by atoms with van der Waals surface area (Å²) < 4.78 is 4.01. The van der Waals surface area contributed by atoms with Crippen molar-refractivity contribution in [2.75, 3.05) is 11.4 Å². The Morgan fingerprint density at radius 3 is 2.00 bits per heavy atom. The monoisotopic (exact) mass is 579 g/mol. The van der Waals surface area contributed by atoms with Crippen molar-refractivity contribution < 1.29 is 4.57 Å². The number of hydrogen-bond acceptors (Lipinski definition) is 3. The molecular weight excluding hydrogens is 537 g/mol. The van der Waals surface area contributed by atoms with Gasteiger partial charge in [0.1, 0.15) is 4.70 Å². The molecule has 0 bridgehead atoms. The highest BCUT2D eigenvalue weighted by Gasteiger charge is 2.28. The molecule has 0 N–H and O–H groups in total. The van der Waals surface area contributed by atoms with Crippen LogP contribution in [0.1, 0.15) is 83.1 Å². The molecule has 0 spiro atoms. The zero-order chi connectivity index (χ0) is 28.0. The first-order valence-electron chi connectivity index (χ1n) is 15.8. The van der Waals surface area contributed by atoms with Gasteiger partial charge in [0, 0.05) is 23.9 Å². The van der Waals surface area contributed by atoms with Crippen molar-refractivity contribution in [3.63, 3.8) is 0 Å². The Kier molecular flexibility index (Phi) is 9.28. The number of rotatable bonds is 13. The lowest BCUT2D eigenvalue weighted by atomic mass is 10.1. The van der Waals surface area contributed by atoms with Gasteiger partial charge >= 0.3 is 0 Å². The molecule has 0 aliphatic carbocycles. The van der Waals surface area contributed by atoms with Gasteiger partial charge in [-0.1, -0.05) is 130 Å². The molecule has 6 rings (SSSR count). The average Bonchev–Trinajstić information content (AvgIpc) is 3.50. The smallest absolute Gasteiger partial charge is 0.265 e. The van der Waals surface area contributed by atoms with Crippen molar-refractivity contribution in [1.82, 2.24) is 0 Å². The molecule has 0 amide bonds. The van der Waals surface area contributed by atoms with E-state index in [-0.39, 0.29) is 0 Å². The minimum Gasteiger partial charge on any atom is -0.335 e. The number of aryl methyl sites for hydroxylation is 1. The molecule has 2 nitrogen and oxygen atoms in total. The fourth-order valence-corrected chi connectivity index (χ4v) is 8.49. The van der Waals surface area contributed by atoms with Gasteiger partial charge in [0.15, 0.2) is 6.54 Å². The van der Waals surface area contributed by atoms with Crippen molar-refractivity contribution in [1.29, 1.82) is 0 Å². The molecule has 2 heterocycles. The molecule has 0 saturated heterocycles. The number of aromatic nitrogens is 1. The third kappa shape index (κ3) is 6.34. The summed E-state index contributed by atoms with van der Waals surface area (Å²) in [5.41, 5.74) is 2.77. The van der Waals surface area contributed by atoms with Gasteiger partial charge in [-0.05, 0) is 52.6 Å². The number of fused-ring (bicyclic) bond motifs is 4. The first kappa shape index (κ1) is 28.3. The van der Waals surface area contributed by atoms with Crippen LogP contribution in [0.15, 0.2) is 82.7 Å². The number of thioether (sulfide) groups is 1. The SMILES string of the molecule is CCCCCCCN1/C(=C/c2sc3cc4ccccc4cc3[n+]2CCCCCCC)Sc2cc3ccccc3cc21. The number of nitrogens with zero attached hydrogens (tertiary/aromatic N) is 2. The van der Waals surface area contributed by atoms with Gasteiger partial charge in [-0.2, -0.15) is 4.57 Å². The number of thiazole rings is 1. The lowest BCUT2D eigenvalue weighted by Gasteiger charge is -2.20.